The highest BCUT2D eigenvalue weighted by Crippen LogP contribution is 2.22. The average Bonchev–Trinajstić information content (AvgIpc) is 2.97. The number of amides is 1. The summed E-state index contributed by atoms with van der Waals surface area (Å²) in [7, 11) is 1.84. The zero-order valence-electron chi connectivity index (χ0n) is 10.3. The lowest BCUT2D eigenvalue weighted by Crippen LogP contribution is -2.27. The van der Waals surface area contributed by atoms with Gasteiger partial charge in [-0.15, -0.1) is 11.3 Å². The number of aryl methyl sites for hydroxylation is 1. The van der Waals surface area contributed by atoms with Crippen molar-refractivity contribution in [3.63, 3.8) is 0 Å². The van der Waals surface area contributed by atoms with Gasteiger partial charge in [-0.3, -0.25) is 4.79 Å². The van der Waals surface area contributed by atoms with E-state index >= 15 is 0 Å². The minimum atomic E-state index is 0.138. The van der Waals surface area contributed by atoms with E-state index in [1.165, 1.54) is 17.3 Å². The third-order valence-electron chi connectivity index (χ3n) is 2.34. The highest BCUT2D eigenvalue weighted by molar-refractivity contribution is 8.01. The van der Waals surface area contributed by atoms with Crippen molar-refractivity contribution in [3.8, 4) is 0 Å². The van der Waals surface area contributed by atoms with Gasteiger partial charge in [0.2, 0.25) is 5.91 Å². The van der Waals surface area contributed by atoms with Gasteiger partial charge in [-0.05, 0) is 29.3 Å². The number of carbonyl (C=O) groups excluding carboxylic acids is 1. The summed E-state index contributed by atoms with van der Waals surface area (Å²) in [4.78, 5) is 18.0. The van der Waals surface area contributed by atoms with Gasteiger partial charge < -0.3 is 4.90 Å². The Morgan fingerprint density at radius 3 is 2.94 bits per heavy atom. The molecule has 2 aromatic rings. The van der Waals surface area contributed by atoms with E-state index in [1.54, 1.807) is 27.6 Å². The highest BCUT2D eigenvalue weighted by atomic mass is 32.2. The Hall–Kier alpha value is -0.850. The van der Waals surface area contributed by atoms with Gasteiger partial charge in [0.15, 0.2) is 4.34 Å². The van der Waals surface area contributed by atoms with Gasteiger partial charge in [0.25, 0.3) is 0 Å². The lowest BCUT2D eigenvalue weighted by atomic mass is 10.3. The Balaban J connectivity index is 1.80. The van der Waals surface area contributed by atoms with Crippen LogP contribution in [0, 0.1) is 6.92 Å². The van der Waals surface area contributed by atoms with Crippen LogP contribution in [-0.2, 0) is 11.3 Å². The highest BCUT2D eigenvalue weighted by Gasteiger charge is 2.11. The van der Waals surface area contributed by atoms with Gasteiger partial charge in [-0.1, -0.05) is 11.8 Å². The zero-order chi connectivity index (χ0) is 13.0. The predicted molar refractivity (Wildman–Crippen MR) is 78.4 cm³/mol. The van der Waals surface area contributed by atoms with E-state index in [1.807, 2.05) is 30.8 Å². The first-order chi connectivity index (χ1) is 8.65. The fraction of sp³-hybridized carbons (Fsp3) is 0.333. The van der Waals surface area contributed by atoms with E-state index in [2.05, 4.69) is 10.4 Å². The molecule has 1 amide bonds. The largest absolute Gasteiger partial charge is 0.341 e. The van der Waals surface area contributed by atoms with Crippen LogP contribution in [-0.4, -0.2) is 28.6 Å². The summed E-state index contributed by atoms with van der Waals surface area (Å²) in [6.45, 7) is 2.64. The van der Waals surface area contributed by atoms with Crippen molar-refractivity contribution in [1.82, 2.24) is 9.88 Å². The first-order valence-electron chi connectivity index (χ1n) is 5.45. The third-order valence-corrected chi connectivity index (χ3v) is 5.20. The van der Waals surface area contributed by atoms with E-state index < -0.39 is 0 Å². The second kappa shape index (κ2) is 6.36. The van der Waals surface area contributed by atoms with E-state index in [-0.39, 0.29) is 5.91 Å². The fourth-order valence-corrected chi connectivity index (χ4v) is 3.83. The molecule has 0 N–H and O–H groups in total. The minimum Gasteiger partial charge on any atom is -0.341 e. The molecule has 0 aromatic carbocycles. The summed E-state index contributed by atoms with van der Waals surface area (Å²) in [6, 6.07) is 2.05. The lowest BCUT2D eigenvalue weighted by molar-refractivity contribution is -0.127. The molecule has 18 heavy (non-hydrogen) atoms. The molecule has 3 nitrogen and oxygen atoms in total. The maximum Gasteiger partial charge on any atom is 0.233 e. The maximum absolute atomic E-state index is 11.9. The number of thiazole rings is 1. The van der Waals surface area contributed by atoms with Crippen molar-refractivity contribution >= 4 is 40.3 Å². The van der Waals surface area contributed by atoms with Gasteiger partial charge in [0, 0.05) is 24.7 Å². The van der Waals surface area contributed by atoms with Crippen LogP contribution in [0.15, 0.2) is 26.5 Å². The smallest absolute Gasteiger partial charge is 0.233 e. The Kier molecular flexibility index (Phi) is 4.79. The molecule has 0 radical (unpaired) electrons. The molecule has 0 spiro atoms. The monoisotopic (exact) mass is 298 g/mol. The van der Waals surface area contributed by atoms with Crippen LogP contribution in [0.2, 0.25) is 0 Å². The van der Waals surface area contributed by atoms with Crippen molar-refractivity contribution in [2.75, 3.05) is 12.8 Å². The van der Waals surface area contributed by atoms with Crippen LogP contribution in [0.4, 0.5) is 0 Å². The molecule has 0 fully saturated rings. The van der Waals surface area contributed by atoms with E-state index in [0.717, 1.165) is 10.0 Å². The number of hydrogen-bond donors (Lipinski definition) is 0. The summed E-state index contributed by atoms with van der Waals surface area (Å²) in [6.07, 6.45) is 0. The SMILES string of the molecule is Cc1csc(SCC(=O)N(C)Cc2ccsc2)n1. The molecule has 2 aromatic heterocycles. The lowest BCUT2D eigenvalue weighted by Gasteiger charge is -2.15. The van der Waals surface area contributed by atoms with Crippen molar-refractivity contribution in [2.45, 2.75) is 17.8 Å². The van der Waals surface area contributed by atoms with E-state index in [0.29, 0.717) is 12.3 Å². The number of hydrogen-bond acceptors (Lipinski definition) is 5. The number of rotatable bonds is 5. The molecule has 96 valence electrons. The fourth-order valence-electron chi connectivity index (χ4n) is 1.38. The van der Waals surface area contributed by atoms with Crippen LogP contribution < -0.4 is 0 Å². The number of thiophene rings is 1. The molecule has 0 aliphatic heterocycles. The molecule has 6 heteroatoms. The Labute approximate surface area is 119 Å². The Morgan fingerprint density at radius 1 is 1.50 bits per heavy atom. The molecule has 0 unspecified atom stereocenters. The van der Waals surface area contributed by atoms with Crippen LogP contribution in [0.3, 0.4) is 0 Å². The van der Waals surface area contributed by atoms with Gasteiger partial charge in [-0.2, -0.15) is 11.3 Å². The molecule has 2 heterocycles. The molecule has 0 saturated carbocycles. The number of aromatic nitrogens is 1. The van der Waals surface area contributed by atoms with Crippen LogP contribution in [0.1, 0.15) is 11.3 Å². The zero-order valence-corrected chi connectivity index (χ0v) is 12.7. The molecular formula is C12H14N2OS3. The normalized spacial score (nSPS) is 10.6. The summed E-state index contributed by atoms with van der Waals surface area (Å²) in [5.74, 6) is 0.590. The molecule has 2 rings (SSSR count). The van der Waals surface area contributed by atoms with Gasteiger partial charge >= 0.3 is 0 Å². The van der Waals surface area contributed by atoms with Crippen molar-refractivity contribution in [2.24, 2.45) is 0 Å². The van der Waals surface area contributed by atoms with E-state index in [9.17, 15) is 4.79 Å². The van der Waals surface area contributed by atoms with Gasteiger partial charge in [-0.25, -0.2) is 4.98 Å². The van der Waals surface area contributed by atoms with Crippen molar-refractivity contribution < 1.29 is 4.79 Å². The number of thioether (sulfide) groups is 1. The summed E-state index contributed by atoms with van der Waals surface area (Å²) in [5.41, 5.74) is 2.20. The summed E-state index contributed by atoms with van der Waals surface area (Å²) >= 11 is 4.76. The molecular weight excluding hydrogens is 284 g/mol. The standard InChI is InChI=1S/C12H14N2OS3/c1-9-6-17-12(13-9)18-8-11(15)14(2)5-10-3-4-16-7-10/h3-4,6-7H,5,8H2,1-2H3. The second-order valence-corrected chi connectivity index (χ2v) is 6.79. The Morgan fingerprint density at radius 2 is 2.33 bits per heavy atom. The maximum atomic E-state index is 11.9. The summed E-state index contributed by atoms with van der Waals surface area (Å²) in [5, 5.41) is 6.10. The molecule has 0 atom stereocenters. The molecule has 0 bridgehead atoms. The summed E-state index contributed by atoms with van der Waals surface area (Å²) < 4.78 is 0.963. The second-order valence-electron chi connectivity index (χ2n) is 3.92. The predicted octanol–water partition coefficient (Wildman–Crippen LogP) is 3.26. The molecule has 0 saturated heterocycles. The number of nitrogens with zero attached hydrogens (tertiary/aromatic N) is 2. The van der Waals surface area contributed by atoms with Gasteiger partial charge in [0.1, 0.15) is 0 Å². The molecule has 0 aliphatic carbocycles. The van der Waals surface area contributed by atoms with Crippen molar-refractivity contribution in [1.29, 1.82) is 0 Å². The van der Waals surface area contributed by atoms with E-state index in [4.69, 9.17) is 0 Å². The first-order valence-corrected chi connectivity index (χ1v) is 8.26. The number of carbonyl (C=O) groups is 1. The molecule has 0 aliphatic rings. The van der Waals surface area contributed by atoms with Crippen molar-refractivity contribution in [3.05, 3.63) is 33.5 Å². The topological polar surface area (TPSA) is 33.2 Å². The minimum absolute atomic E-state index is 0.138. The quantitative estimate of drug-likeness (QED) is 0.794. The average molecular weight is 298 g/mol. The Bertz CT molecular complexity index is 507. The van der Waals surface area contributed by atoms with Gasteiger partial charge in [0.05, 0.1) is 5.75 Å². The van der Waals surface area contributed by atoms with Crippen LogP contribution >= 0.6 is 34.4 Å². The first kappa shape index (κ1) is 13.6. The third kappa shape index (κ3) is 3.83. The van der Waals surface area contributed by atoms with Crippen LogP contribution in [0.25, 0.3) is 0 Å². The van der Waals surface area contributed by atoms with Crippen LogP contribution in [0.5, 0.6) is 0 Å².